The van der Waals surface area contributed by atoms with Crippen molar-refractivity contribution in [3.8, 4) is 0 Å². The van der Waals surface area contributed by atoms with Gasteiger partial charge in [-0.1, -0.05) is 0 Å². The monoisotopic (exact) mass is 228 g/mol. The van der Waals surface area contributed by atoms with Gasteiger partial charge in [0.15, 0.2) is 0 Å². The zero-order valence-corrected chi connectivity index (χ0v) is 9.94. The van der Waals surface area contributed by atoms with Crippen LogP contribution >= 0.6 is 11.8 Å². The van der Waals surface area contributed by atoms with Crippen LogP contribution in [0.5, 0.6) is 0 Å². The van der Waals surface area contributed by atoms with E-state index < -0.39 is 0 Å². The van der Waals surface area contributed by atoms with Gasteiger partial charge in [-0.25, -0.2) is 0 Å². The van der Waals surface area contributed by atoms with E-state index in [1.165, 1.54) is 18.6 Å². The number of hydrogen-bond donors (Lipinski definition) is 2. The Morgan fingerprint density at radius 1 is 1.33 bits per heavy atom. The van der Waals surface area contributed by atoms with Crippen LogP contribution in [0.3, 0.4) is 0 Å². The van der Waals surface area contributed by atoms with Crippen LogP contribution in [0.1, 0.15) is 25.7 Å². The minimum atomic E-state index is 0.214. The van der Waals surface area contributed by atoms with Gasteiger partial charge in [0.05, 0.1) is 5.92 Å². The summed E-state index contributed by atoms with van der Waals surface area (Å²) < 4.78 is 0. The van der Waals surface area contributed by atoms with Crippen molar-refractivity contribution in [3.05, 3.63) is 0 Å². The Morgan fingerprint density at radius 2 is 2.27 bits per heavy atom. The fourth-order valence-electron chi connectivity index (χ4n) is 2.25. The van der Waals surface area contributed by atoms with Gasteiger partial charge in [-0.05, 0) is 38.0 Å². The molecule has 0 aromatic rings. The molecule has 0 aromatic carbocycles. The van der Waals surface area contributed by atoms with Crippen LogP contribution < -0.4 is 10.6 Å². The number of nitrogens with one attached hydrogen (secondary N) is 2. The molecule has 0 aromatic heterocycles. The molecule has 15 heavy (non-hydrogen) atoms. The van der Waals surface area contributed by atoms with E-state index in [-0.39, 0.29) is 11.8 Å². The SMILES string of the molecule is O=C(NC1CCCSC1)C1CCCNC1. The lowest BCUT2D eigenvalue weighted by atomic mass is 9.98. The van der Waals surface area contributed by atoms with E-state index in [9.17, 15) is 4.79 Å². The summed E-state index contributed by atoms with van der Waals surface area (Å²) in [5.74, 6) is 2.85. The highest BCUT2D eigenvalue weighted by Crippen LogP contribution is 2.18. The standard InChI is InChI=1S/C11H20N2OS/c14-11(9-3-1-5-12-7-9)13-10-4-2-6-15-8-10/h9-10,12H,1-8H2,(H,13,14). The van der Waals surface area contributed by atoms with Crippen LogP contribution in [0.4, 0.5) is 0 Å². The van der Waals surface area contributed by atoms with Gasteiger partial charge in [0.2, 0.25) is 5.91 Å². The van der Waals surface area contributed by atoms with Crippen molar-refractivity contribution in [3.63, 3.8) is 0 Å². The first kappa shape index (κ1) is 11.3. The molecule has 0 aliphatic carbocycles. The molecule has 1 amide bonds. The van der Waals surface area contributed by atoms with E-state index in [1.54, 1.807) is 0 Å². The highest BCUT2D eigenvalue weighted by atomic mass is 32.2. The summed E-state index contributed by atoms with van der Waals surface area (Å²) >= 11 is 1.96. The van der Waals surface area contributed by atoms with Gasteiger partial charge in [-0.2, -0.15) is 11.8 Å². The van der Waals surface area contributed by atoms with Crippen molar-refractivity contribution in [1.29, 1.82) is 0 Å². The van der Waals surface area contributed by atoms with E-state index in [0.29, 0.717) is 6.04 Å². The van der Waals surface area contributed by atoms with Crippen molar-refractivity contribution in [2.75, 3.05) is 24.6 Å². The molecule has 2 aliphatic rings. The van der Waals surface area contributed by atoms with E-state index in [0.717, 1.165) is 31.7 Å². The average molecular weight is 228 g/mol. The number of carbonyl (C=O) groups is 1. The van der Waals surface area contributed by atoms with Crippen molar-refractivity contribution in [2.24, 2.45) is 5.92 Å². The molecule has 4 heteroatoms. The quantitative estimate of drug-likeness (QED) is 0.741. The summed E-state index contributed by atoms with van der Waals surface area (Å²) in [5.41, 5.74) is 0. The Morgan fingerprint density at radius 3 is 2.93 bits per heavy atom. The van der Waals surface area contributed by atoms with Gasteiger partial charge in [0, 0.05) is 18.3 Å². The molecule has 2 heterocycles. The lowest BCUT2D eigenvalue weighted by Crippen LogP contribution is -2.46. The second kappa shape index (κ2) is 5.75. The molecule has 2 atom stereocenters. The number of rotatable bonds is 2. The Hall–Kier alpha value is -0.220. The molecular weight excluding hydrogens is 208 g/mol. The second-order valence-electron chi connectivity index (χ2n) is 4.47. The predicted octanol–water partition coefficient (Wildman–Crippen LogP) is 0.998. The molecule has 2 saturated heterocycles. The third-order valence-corrected chi connectivity index (χ3v) is 4.39. The minimum Gasteiger partial charge on any atom is -0.352 e. The smallest absolute Gasteiger partial charge is 0.224 e. The van der Waals surface area contributed by atoms with Crippen LogP contribution in [0.15, 0.2) is 0 Å². The highest BCUT2D eigenvalue weighted by Gasteiger charge is 2.23. The molecule has 2 fully saturated rings. The van der Waals surface area contributed by atoms with Crippen molar-refractivity contribution in [1.82, 2.24) is 10.6 Å². The first-order chi connectivity index (χ1) is 7.36. The zero-order chi connectivity index (χ0) is 10.5. The molecule has 2 aliphatic heterocycles. The van der Waals surface area contributed by atoms with E-state index in [1.807, 2.05) is 11.8 Å². The Labute approximate surface area is 95.8 Å². The summed E-state index contributed by atoms with van der Waals surface area (Å²) in [7, 11) is 0. The van der Waals surface area contributed by atoms with E-state index in [2.05, 4.69) is 10.6 Å². The lowest BCUT2D eigenvalue weighted by molar-refractivity contribution is -0.126. The van der Waals surface area contributed by atoms with E-state index >= 15 is 0 Å². The number of amides is 1. The molecule has 0 radical (unpaired) electrons. The molecule has 2 rings (SSSR count). The van der Waals surface area contributed by atoms with Crippen LogP contribution in [0.25, 0.3) is 0 Å². The second-order valence-corrected chi connectivity index (χ2v) is 5.62. The van der Waals surface area contributed by atoms with Gasteiger partial charge < -0.3 is 10.6 Å². The Kier molecular flexibility index (Phi) is 4.32. The molecule has 0 saturated carbocycles. The molecular formula is C11H20N2OS. The molecule has 0 bridgehead atoms. The molecule has 2 N–H and O–H groups in total. The number of carbonyl (C=O) groups excluding carboxylic acids is 1. The van der Waals surface area contributed by atoms with Gasteiger partial charge in [-0.15, -0.1) is 0 Å². The highest BCUT2D eigenvalue weighted by molar-refractivity contribution is 7.99. The minimum absolute atomic E-state index is 0.214. The molecule has 3 nitrogen and oxygen atoms in total. The first-order valence-corrected chi connectivity index (χ1v) is 7.10. The largest absolute Gasteiger partial charge is 0.352 e. The van der Waals surface area contributed by atoms with Crippen LogP contribution in [-0.4, -0.2) is 36.5 Å². The van der Waals surface area contributed by atoms with Crippen LogP contribution in [0.2, 0.25) is 0 Å². The molecule has 2 unspecified atom stereocenters. The fraction of sp³-hybridized carbons (Fsp3) is 0.909. The first-order valence-electron chi connectivity index (χ1n) is 5.95. The fourth-order valence-corrected chi connectivity index (χ4v) is 3.32. The van der Waals surface area contributed by atoms with Crippen molar-refractivity contribution >= 4 is 17.7 Å². The van der Waals surface area contributed by atoms with Crippen LogP contribution in [0, 0.1) is 5.92 Å². The normalized spacial score (nSPS) is 32.3. The average Bonchev–Trinajstić information content (AvgIpc) is 2.31. The van der Waals surface area contributed by atoms with Gasteiger partial charge >= 0.3 is 0 Å². The summed E-state index contributed by atoms with van der Waals surface area (Å²) in [6.07, 6.45) is 4.60. The lowest BCUT2D eigenvalue weighted by Gasteiger charge is -2.27. The molecule has 86 valence electrons. The maximum atomic E-state index is 11.9. The number of hydrogen-bond acceptors (Lipinski definition) is 3. The van der Waals surface area contributed by atoms with E-state index in [4.69, 9.17) is 0 Å². The van der Waals surface area contributed by atoms with Crippen molar-refractivity contribution < 1.29 is 4.79 Å². The third kappa shape index (κ3) is 3.38. The summed E-state index contributed by atoms with van der Waals surface area (Å²) in [6, 6.07) is 0.429. The summed E-state index contributed by atoms with van der Waals surface area (Å²) in [5, 5.41) is 6.48. The summed E-state index contributed by atoms with van der Waals surface area (Å²) in [6.45, 7) is 1.94. The maximum Gasteiger partial charge on any atom is 0.224 e. The third-order valence-electron chi connectivity index (χ3n) is 3.17. The zero-order valence-electron chi connectivity index (χ0n) is 9.13. The Balaban J connectivity index is 1.74. The Bertz CT molecular complexity index is 211. The summed E-state index contributed by atoms with van der Waals surface area (Å²) in [4.78, 5) is 11.9. The maximum absolute atomic E-state index is 11.9. The van der Waals surface area contributed by atoms with Crippen molar-refractivity contribution in [2.45, 2.75) is 31.7 Å². The van der Waals surface area contributed by atoms with Gasteiger partial charge in [0.25, 0.3) is 0 Å². The van der Waals surface area contributed by atoms with Gasteiger partial charge in [-0.3, -0.25) is 4.79 Å². The van der Waals surface area contributed by atoms with Crippen LogP contribution in [-0.2, 0) is 4.79 Å². The molecule has 0 spiro atoms. The number of thioether (sulfide) groups is 1. The van der Waals surface area contributed by atoms with Gasteiger partial charge in [0.1, 0.15) is 0 Å². The topological polar surface area (TPSA) is 41.1 Å². The predicted molar refractivity (Wildman–Crippen MR) is 64.1 cm³/mol. The number of piperidine rings is 1.